The molecule has 116 valence electrons. The molecule has 1 saturated heterocycles. The zero-order valence-electron chi connectivity index (χ0n) is 13.5. The largest absolute Gasteiger partial charge is 0.496 e. The Hall–Kier alpha value is -1.55. The van der Waals surface area contributed by atoms with Crippen LogP contribution in [0.25, 0.3) is 0 Å². The SMILES string of the molecule is CCCC1(C(=O)Nc2ccc(C)c(OC)c2C)CCCN1. The normalized spacial score (nSPS) is 21.3. The molecule has 2 N–H and O–H groups in total. The van der Waals surface area contributed by atoms with E-state index in [0.29, 0.717) is 0 Å². The average Bonchev–Trinajstić information content (AvgIpc) is 2.93. The minimum atomic E-state index is -0.403. The van der Waals surface area contributed by atoms with Crippen LogP contribution in [-0.4, -0.2) is 25.1 Å². The number of aryl methyl sites for hydroxylation is 1. The van der Waals surface area contributed by atoms with Crippen LogP contribution in [0.3, 0.4) is 0 Å². The highest BCUT2D eigenvalue weighted by molar-refractivity contribution is 5.99. The number of carbonyl (C=O) groups is 1. The topological polar surface area (TPSA) is 50.4 Å². The van der Waals surface area contributed by atoms with E-state index in [2.05, 4.69) is 17.6 Å². The molecule has 1 heterocycles. The summed E-state index contributed by atoms with van der Waals surface area (Å²) in [4.78, 5) is 12.7. The van der Waals surface area contributed by atoms with Gasteiger partial charge in [-0.2, -0.15) is 0 Å². The van der Waals surface area contributed by atoms with Crippen molar-refractivity contribution in [2.75, 3.05) is 19.0 Å². The third-order valence-corrected chi connectivity index (χ3v) is 4.41. The molecule has 0 radical (unpaired) electrons. The van der Waals surface area contributed by atoms with Gasteiger partial charge in [0.15, 0.2) is 0 Å². The van der Waals surface area contributed by atoms with E-state index >= 15 is 0 Å². The Kier molecular flexibility index (Phi) is 4.88. The van der Waals surface area contributed by atoms with Gasteiger partial charge in [-0.15, -0.1) is 0 Å². The fourth-order valence-electron chi connectivity index (χ4n) is 3.27. The quantitative estimate of drug-likeness (QED) is 0.875. The molecule has 1 unspecified atom stereocenters. The summed E-state index contributed by atoms with van der Waals surface area (Å²) in [5.74, 6) is 0.924. The van der Waals surface area contributed by atoms with Gasteiger partial charge in [0.05, 0.1) is 12.6 Å². The number of carbonyl (C=O) groups excluding carboxylic acids is 1. The van der Waals surface area contributed by atoms with E-state index in [1.54, 1.807) is 7.11 Å². The first-order chi connectivity index (χ1) is 10.0. The highest BCUT2D eigenvalue weighted by Gasteiger charge is 2.40. The average molecular weight is 290 g/mol. The van der Waals surface area contributed by atoms with Gasteiger partial charge in [-0.1, -0.05) is 19.4 Å². The molecule has 1 aliphatic rings. The van der Waals surface area contributed by atoms with Crippen molar-refractivity contribution in [3.8, 4) is 5.75 Å². The summed E-state index contributed by atoms with van der Waals surface area (Å²) in [5, 5.41) is 6.51. The van der Waals surface area contributed by atoms with Gasteiger partial charge in [-0.3, -0.25) is 4.79 Å². The molecule has 1 amide bonds. The highest BCUT2D eigenvalue weighted by atomic mass is 16.5. The van der Waals surface area contributed by atoms with Gasteiger partial charge in [0.25, 0.3) is 0 Å². The number of hydrogen-bond donors (Lipinski definition) is 2. The summed E-state index contributed by atoms with van der Waals surface area (Å²) in [6, 6.07) is 3.94. The summed E-state index contributed by atoms with van der Waals surface area (Å²) >= 11 is 0. The smallest absolute Gasteiger partial charge is 0.244 e. The zero-order valence-corrected chi connectivity index (χ0v) is 13.5. The van der Waals surface area contributed by atoms with Crippen LogP contribution in [0.1, 0.15) is 43.7 Å². The molecule has 21 heavy (non-hydrogen) atoms. The minimum Gasteiger partial charge on any atom is -0.496 e. The van der Waals surface area contributed by atoms with E-state index in [0.717, 1.165) is 54.8 Å². The van der Waals surface area contributed by atoms with Crippen molar-refractivity contribution in [1.29, 1.82) is 0 Å². The molecular weight excluding hydrogens is 264 g/mol. The first-order valence-electron chi connectivity index (χ1n) is 7.74. The van der Waals surface area contributed by atoms with E-state index < -0.39 is 5.54 Å². The monoisotopic (exact) mass is 290 g/mol. The molecule has 1 fully saturated rings. The Bertz CT molecular complexity index is 520. The maximum absolute atomic E-state index is 12.7. The number of hydrogen-bond acceptors (Lipinski definition) is 3. The molecule has 0 spiro atoms. The number of benzene rings is 1. The minimum absolute atomic E-state index is 0.0795. The molecule has 1 aliphatic heterocycles. The number of methoxy groups -OCH3 is 1. The van der Waals surface area contributed by atoms with Gasteiger partial charge in [0, 0.05) is 11.3 Å². The van der Waals surface area contributed by atoms with Crippen LogP contribution >= 0.6 is 0 Å². The summed E-state index contributed by atoms with van der Waals surface area (Å²) in [6.45, 7) is 7.03. The summed E-state index contributed by atoms with van der Waals surface area (Å²) < 4.78 is 5.43. The van der Waals surface area contributed by atoms with Crippen molar-refractivity contribution in [2.45, 2.75) is 52.0 Å². The van der Waals surface area contributed by atoms with Gasteiger partial charge < -0.3 is 15.4 Å². The van der Waals surface area contributed by atoms with Crippen LogP contribution in [0, 0.1) is 13.8 Å². The highest BCUT2D eigenvalue weighted by Crippen LogP contribution is 2.31. The van der Waals surface area contributed by atoms with E-state index in [1.807, 2.05) is 26.0 Å². The van der Waals surface area contributed by atoms with E-state index in [-0.39, 0.29) is 5.91 Å². The lowest BCUT2D eigenvalue weighted by molar-refractivity contribution is -0.122. The van der Waals surface area contributed by atoms with Crippen LogP contribution in [-0.2, 0) is 4.79 Å². The predicted molar refractivity (Wildman–Crippen MR) is 86.0 cm³/mol. The molecule has 4 heteroatoms. The first-order valence-corrected chi connectivity index (χ1v) is 7.74. The van der Waals surface area contributed by atoms with Crippen molar-refractivity contribution in [1.82, 2.24) is 5.32 Å². The van der Waals surface area contributed by atoms with Crippen molar-refractivity contribution in [3.05, 3.63) is 23.3 Å². The first kappa shape index (κ1) is 15.8. The molecule has 2 rings (SSSR count). The Labute approximate surface area is 127 Å². The molecular formula is C17H26N2O2. The van der Waals surface area contributed by atoms with Gasteiger partial charge in [0.2, 0.25) is 5.91 Å². The third-order valence-electron chi connectivity index (χ3n) is 4.41. The van der Waals surface area contributed by atoms with Gasteiger partial charge in [-0.05, 0) is 51.3 Å². The van der Waals surface area contributed by atoms with Crippen LogP contribution < -0.4 is 15.4 Å². The lowest BCUT2D eigenvalue weighted by Gasteiger charge is -2.28. The van der Waals surface area contributed by atoms with Crippen molar-refractivity contribution in [2.24, 2.45) is 0 Å². The maximum Gasteiger partial charge on any atom is 0.244 e. The fraction of sp³-hybridized carbons (Fsp3) is 0.588. The molecule has 0 aromatic heterocycles. The summed E-state index contributed by atoms with van der Waals surface area (Å²) in [7, 11) is 1.66. The maximum atomic E-state index is 12.7. The Morgan fingerprint density at radius 2 is 2.19 bits per heavy atom. The predicted octanol–water partition coefficient (Wildman–Crippen LogP) is 3.17. The van der Waals surface area contributed by atoms with Gasteiger partial charge in [0.1, 0.15) is 5.75 Å². The molecule has 1 aromatic rings. The summed E-state index contributed by atoms with van der Waals surface area (Å²) in [5.41, 5.74) is 2.50. The molecule has 0 aliphatic carbocycles. The van der Waals surface area contributed by atoms with Crippen LogP contribution in [0.2, 0.25) is 0 Å². The fourth-order valence-corrected chi connectivity index (χ4v) is 3.27. The Morgan fingerprint density at radius 3 is 2.76 bits per heavy atom. The number of nitrogens with one attached hydrogen (secondary N) is 2. The van der Waals surface area contributed by atoms with E-state index in [1.165, 1.54) is 0 Å². The van der Waals surface area contributed by atoms with Crippen LogP contribution in [0.15, 0.2) is 12.1 Å². The number of amides is 1. The number of anilines is 1. The van der Waals surface area contributed by atoms with E-state index in [4.69, 9.17) is 4.74 Å². The molecule has 0 bridgehead atoms. The Morgan fingerprint density at radius 1 is 1.43 bits per heavy atom. The molecule has 0 saturated carbocycles. The van der Waals surface area contributed by atoms with Crippen LogP contribution in [0.4, 0.5) is 5.69 Å². The van der Waals surface area contributed by atoms with Gasteiger partial charge >= 0.3 is 0 Å². The lowest BCUT2D eigenvalue weighted by Crippen LogP contribution is -2.50. The number of rotatable bonds is 5. The van der Waals surface area contributed by atoms with Gasteiger partial charge in [-0.25, -0.2) is 0 Å². The second-order valence-electron chi connectivity index (χ2n) is 5.90. The Balaban J connectivity index is 2.23. The zero-order chi connectivity index (χ0) is 15.5. The summed E-state index contributed by atoms with van der Waals surface area (Å²) in [6.07, 6.45) is 3.84. The van der Waals surface area contributed by atoms with Crippen molar-refractivity contribution in [3.63, 3.8) is 0 Å². The number of ether oxygens (including phenoxy) is 1. The standard InChI is InChI=1S/C17H26N2O2/c1-5-9-17(10-6-11-18-17)16(20)19-14-8-7-12(2)15(21-4)13(14)3/h7-8,18H,5-6,9-11H2,1-4H3,(H,19,20). The van der Waals surface area contributed by atoms with E-state index in [9.17, 15) is 4.79 Å². The second-order valence-corrected chi connectivity index (χ2v) is 5.90. The molecule has 1 aromatic carbocycles. The lowest BCUT2D eigenvalue weighted by atomic mass is 9.90. The van der Waals surface area contributed by atoms with Crippen LogP contribution in [0.5, 0.6) is 5.75 Å². The molecule has 4 nitrogen and oxygen atoms in total. The third kappa shape index (κ3) is 3.05. The molecule has 1 atom stereocenters. The van der Waals surface area contributed by atoms with Crippen molar-refractivity contribution >= 4 is 11.6 Å². The second kappa shape index (κ2) is 6.48. The van der Waals surface area contributed by atoms with Crippen molar-refractivity contribution < 1.29 is 9.53 Å².